The minimum Gasteiger partial charge on any atom is -0.208 e. The van der Waals surface area contributed by atoms with E-state index in [-0.39, 0.29) is 0 Å². The van der Waals surface area contributed by atoms with Crippen LogP contribution in [0.5, 0.6) is 0 Å². The fourth-order valence-corrected chi connectivity index (χ4v) is 6.47. The van der Waals surface area contributed by atoms with Crippen LogP contribution in [0, 0.1) is 13.8 Å². The average Bonchev–Trinajstić information content (AvgIpc) is 3.10. The lowest BCUT2D eigenvalue weighted by molar-refractivity contribution is 1.07. The zero-order valence-electron chi connectivity index (χ0n) is 25.8. The predicted molar refractivity (Wildman–Crippen MR) is 191 cm³/mol. The number of aromatic nitrogens is 3. The lowest BCUT2D eigenvalue weighted by Gasteiger charge is -2.16. The molecule has 3 heteroatoms. The van der Waals surface area contributed by atoms with Crippen molar-refractivity contribution in [2.45, 2.75) is 13.8 Å². The fraction of sp³-hybridized carbons (Fsp3) is 0.0465. The quantitative estimate of drug-likeness (QED) is 0.187. The van der Waals surface area contributed by atoms with E-state index in [0.29, 0.717) is 17.5 Å². The van der Waals surface area contributed by atoms with Gasteiger partial charge in [-0.1, -0.05) is 139 Å². The minimum absolute atomic E-state index is 0.643. The summed E-state index contributed by atoms with van der Waals surface area (Å²) in [4.78, 5) is 15.2. The van der Waals surface area contributed by atoms with Crippen LogP contribution in [-0.4, -0.2) is 15.0 Å². The van der Waals surface area contributed by atoms with Gasteiger partial charge in [-0.15, -0.1) is 0 Å². The topological polar surface area (TPSA) is 38.7 Å². The third kappa shape index (κ3) is 5.22. The van der Waals surface area contributed by atoms with Crippen LogP contribution in [0.2, 0.25) is 0 Å². The van der Waals surface area contributed by atoms with Gasteiger partial charge in [0, 0.05) is 16.7 Å². The summed E-state index contributed by atoms with van der Waals surface area (Å²) < 4.78 is 0. The van der Waals surface area contributed by atoms with Crippen LogP contribution in [0.1, 0.15) is 11.1 Å². The highest BCUT2D eigenvalue weighted by atomic mass is 15.0. The third-order valence-corrected chi connectivity index (χ3v) is 8.51. The minimum atomic E-state index is 0.643. The fourth-order valence-electron chi connectivity index (χ4n) is 6.47. The molecular formula is C43H31N3. The summed E-state index contributed by atoms with van der Waals surface area (Å²) in [5.41, 5.74) is 9.95. The van der Waals surface area contributed by atoms with Gasteiger partial charge in [0.2, 0.25) is 0 Å². The monoisotopic (exact) mass is 589 g/mol. The van der Waals surface area contributed by atoms with Crippen molar-refractivity contribution in [3.05, 3.63) is 163 Å². The summed E-state index contributed by atoms with van der Waals surface area (Å²) in [6, 6.07) is 53.4. The molecule has 0 aliphatic rings. The number of fused-ring (bicyclic) bond motifs is 2. The molecule has 0 radical (unpaired) electrons. The summed E-state index contributed by atoms with van der Waals surface area (Å²) in [7, 11) is 0. The molecular weight excluding hydrogens is 558 g/mol. The third-order valence-electron chi connectivity index (χ3n) is 8.51. The van der Waals surface area contributed by atoms with Gasteiger partial charge in [-0.25, -0.2) is 15.0 Å². The summed E-state index contributed by atoms with van der Waals surface area (Å²) in [6.45, 7) is 4.31. The molecule has 0 fully saturated rings. The van der Waals surface area contributed by atoms with Crippen molar-refractivity contribution in [1.29, 1.82) is 0 Å². The first-order valence-electron chi connectivity index (χ1n) is 15.6. The Morgan fingerprint density at radius 2 is 0.739 bits per heavy atom. The van der Waals surface area contributed by atoms with E-state index in [0.717, 1.165) is 27.8 Å². The predicted octanol–water partition coefficient (Wildman–Crippen LogP) is 11.1. The van der Waals surface area contributed by atoms with Gasteiger partial charge in [0.25, 0.3) is 0 Å². The van der Waals surface area contributed by atoms with Crippen molar-refractivity contribution >= 4 is 21.5 Å². The molecule has 0 unspecified atom stereocenters. The molecule has 0 bridgehead atoms. The highest BCUT2D eigenvalue weighted by Gasteiger charge is 2.17. The SMILES string of the molecule is Cc1cc(C)cc(-c2cc(-c3nc(-c4ccccc4)nc(-c4ccccc4)n3)cc(-c3c4ccccc4cc4ccccc34)c2)c1. The average molecular weight is 590 g/mol. The Morgan fingerprint density at radius 1 is 0.326 bits per heavy atom. The largest absolute Gasteiger partial charge is 0.208 e. The van der Waals surface area contributed by atoms with Gasteiger partial charge in [0.1, 0.15) is 0 Å². The summed E-state index contributed by atoms with van der Waals surface area (Å²) >= 11 is 0. The molecule has 0 N–H and O–H groups in total. The van der Waals surface area contributed by atoms with E-state index in [1.54, 1.807) is 0 Å². The van der Waals surface area contributed by atoms with Crippen molar-refractivity contribution in [2.75, 3.05) is 0 Å². The highest BCUT2D eigenvalue weighted by molar-refractivity contribution is 6.13. The van der Waals surface area contributed by atoms with Crippen LogP contribution in [-0.2, 0) is 0 Å². The second-order valence-corrected chi connectivity index (χ2v) is 11.9. The van der Waals surface area contributed by atoms with Crippen molar-refractivity contribution < 1.29 is 0 Å². The Morgan fingerprint density at radius 3 is 1.28 bits per heavy atom. The standard InChI is InChI=1S/C43H31N3/c1-28-21-29(2)23-34(22-28)35-25-36(40-38-19-11-9-17-32(38)24-33-18-10-12-20-39(33)40)27-37(26-35)43-45-41(30-13-5-3-6-14-30)44-42(46-43)31-15-7-4-8-16-31/h3-27H,1-2H3. The molecule has 0 spiro atoms. The van der Waals surface area contributed by atoms with E-state index >= 15 is 0 Å². The lowest BCUT2D eigenvalue weighted by atomic mass is 9.89. The number of hydrogen-bond acceptors (Lipinski definition) is 3. The molecule has 8 rings (SSSR count). The molecule has 1 aromatic heterocycles. The maximum Gasteiger partial charge on any atom is 0.164 e. The van der Waals surface area contributed by atoms with Crippen LogP contribution in [0.15, 0.2) is 152 Å². The normalized spacial score (nSPS) is 11.3. The maximum atomic E-state index is 5.11. The smallest absolute Gasteiger partial charge is 0.164 e. The zero-order valence-corrected chi connectivity index (χ0v) is 25.8. The van der Waals surface area contributed by atoms with Crippen LogP contribution >= 0.6 is 0 Å². The molecule has 0 amide bonds. The van der Waals surface area contributed by atoms with E-state index in [9.17, 15) is 0 Å². The van der Waals surface area contributed by atoms with Gasteiger partial charge < -0.3 is 0 Å². The number of rotatable bonds is 5. The van der Waals surface area contributed by atoms with E-state index in [1.807, 2.05) is 60.7 Å². The summed E-state index contributed by atoms with van der Waals surface area (Å²) in [5, 5.41) is 4.87. The van der Waals surface area contributed by atoms with E-state index < -0.39 is 0 Å². The number of nitrogens with zero attached hydrogens (tertiary/aromatic N) is 3. The van der Waals surface area contributed by atoms with Crippen molar-refractivity contribution in [2.24, 2.45) is 0 Å². The van der Waals surface area contributed by atoms with Gasteiger partial charge >= 0.3 is 0 Å². The molecule has 0 saturated carbocycles. The molecule has 0 aliphatic heterocycles. The van der Waals surface area contributed by atoms with Crippen LogP contribution < -0.4 is 0 Å². The highest BCUT2D eigenvalue weighted by Crippen LogP contribution is 2.40. The molecule has 218 valence electrons. The van der Waals surface area contributed by atoms with E-state index in [2.05, 4.69) is 105 Å². The first-order valence-corrected chi connectivity index (χ1v) is 15.6. The molecule has 0 saturated heterocycles. The molecule has 0 aliphatic carbocycles. The number of aryl methyl sites for hydroxylation is 2. The summed E-state index contributed by atoms with van der Waals surface area (Å²) in [5.74, 6) is 1.95. The lowest BCUT2D eigenvalue weighted by Crippen LogP contribution is -2.00. The number of benzene rings is 7. The molecule has 46 heavy (non-hydrogen) atoms. The van der Waals surface area contributed by atoms with E-state index in [1.165, 1.54) is 43.8 Å². The Bertz CT molecular complexity index is 2250. The zero-order chi connectivity index (χ0) is 31.0. The second kappa shape index (κ2) is 11.5. The molecule has 1 heterocycles. The molecule has 8 aromatic rings. The first-order chi connectivity index (χ1) is 22.6. The van der Waals surface area contributed by atoms with Gasteiger partial charge in [0.05, 0.1) is 0 Å². The molecule has 3 nitrogen and oxygen atoms in total. The Hall–Kier alpha value is -5.93. The van der Waals surface area contributed by atoms with Crippen LogP contribution in [0.4, 0.5) is 0 Å². The summed E-state index contributed by atoms with van der Waals surface area (Å²) in [6.07, 6.45) is 0. The van der Waals surface area contributed by atoms with Crippen molar-refractivity contribution in [1.82, 2.24) is 15.0 Å². The first kappa shape index (κ1) is 27.6. The molecule has 7 aromatic carbocycles. The van der Waals surface area contributed by atoms with Gasteiger partial charge in [-0.3, -0.25) is 0 Å². The Labute approximate surface area is 268 Å². The van der Waals surface area contributed by atoms with Crippen molar-refractivity contribution in [3.8, 4) is 56.4 Å². The Kier molecular flexibility index (Phi) is 6.92. The Balaban J connectivity index is 1.44. The second-order valence-electron chi connectivity index (χ2n) is 11.9. The van der Waals surface area contributed by atoms with Gasteiger partial charge in [0.15, 0.2) is 17.5 Å². The van der Waals surface area contributed by atoms with Crippen molar-refractivity contribution in [3.63, 3.8) is 0 Å². The van der Waals surface area contributed by atoms with Crippen LogP contribution in [0.25, 0.3) is 78.0 Å². The maximum absolute atomic E-state index is 5.11. The van der Waals surface area contributed by atoms with Gasteiger partial charge in [-0.2, -0.15) is 0 Å². The van der Waals surface area contributed by atoms with E-state index in [4.69, 9.17) is 15.0 Å². The molecule has 0 atom stereocenters. The van der Waals surface area contributed by atoms with Crippen LogP contribution in [0.3, 0.4) is 0 Å². The number of hydrogen-bond donors (Lipinski definition) is 0. The van der Waals surface area contributed by atoms with Gasteiger partial charge in [-0.05, 0) is 81.9 Å².